The Kier molecular flexibility index (Phi) is 5.50. The number of rotatable bonds is 6. The molecule has 1 heterocycles. The fourth-order valence-corrected chi connectivity index (χ4v) is 5.67. The number of ether oxygens (including phenoxy) is 3. The van der Waals surface area contributed by atoms with Crippen molar-refractivity contribution in [2.75, 3.05) is 6.79 Å². The molecule has 0 aromatic heterocycles. The van der Waals surface area contributed by atoms with Crippen LogP contribution in [0.5, 0.6) is 17.2 Å². The van der Waals surface area contributed by atoms with E-state index in [1.54, 1.807) is 6.92 Å². The molecule has 36 heavy (non-hydrogen) atoms. The minimum absolute atomic E-state index is 0.103. The normalized spacial score (nSPS) is 21.7. The third kappa shape index (κ3) is 3.55. The van der Waals surface area contributed by atoms with Gasteiger partial charge in [-0.05, 0) is 47.4 Å². The third-order valence-corrected chi connectivity index (χ3v) is 7.22. The minimum Gasteiger partial charge on any atom is -0.488 e. The molecule has 3 unspecified atom stereocenters. The number of hydrogen-bond donors (Lipinski definition) is 1. The molecule has 0 spiro atoms. The maximum atomic E-state index is 13.4. The largest absolute Gasteiger partial charge is 0.488 e. The van der Waals surface area contributed by atoms with Crippen molar-refractivity contribution in [3.63, 3.8) is 0 Å². The lowest BCUT2D eigenvalue weighted by Gasteiger charge is -2.34. The summed E-state index contributed by atoms with van der Waals surface area (Å²) in [6.45, 7) is 2.08. The van der Waals surface area contributed by atoms with Gasteiger partial charge in [-0.1, -0.05) is 78.9 Å². The van der Waals surface area contributed by atoms with E-state index in [9.17, 15) is 9.90 Å². The van der Waals surface area contributed by atoms with Crippen molar-refractivity contribution in [2.24, 2.45) is 5.92 Å². The number of carbonyl (C=O) groups is 1. The van der Waals surface area contributed by atoms with Crippen molar-refractivity contribution in [2.45, 2.75) is 25.0 Å². The van der Waals surface area contributed by atoms with Crippen LogP contribution in [-0.4, -0.2) is 17.7 Å². The van der Waals surface area contributed by atoms with Gasteiger partial charge in [-0.15, -0.1) is 0 Å². The molecular weight excluding hydrogens is 452 g/mol. The smallest absolute Gasteiger partial charge is 0.231 e. The Labute approximate surface area is 209 Å². The fourth-order valence-electron chi connectivity index (χ4n) is 5.67. The highest BCUT2D eigenvalue weighted by Crippen LogP contribution is 2.57. The molecule has 0 saturated carbocycles. The first-order valence-electron chi connectivity index (χ1n) is 12.1. The van der Waals surface area contributed by atoms with E-state index in [0.717, 1.165) is 16.7 Å². The van der Waals surface area contributed by atoms with Crippen molar-refractivity contribution < 1.29 is 24.1 Å². The predicted molar refractivity (Wildman–Crippen MR) is 135 cm³/mol. The first-order chi connectivity index (χ1) is 17.6. The molecule has 4 aromatic carbocycles. The molecule has 6 rings (SSSR count). The molecule has 3 atom stereocenters. The summed E-state index contributed by atoms with van der Waals surface area (Å²) in [5.74, 6) is 0.663. The number of fused-ring (bicyclic) bond motifs is 2. The van der Waals surface area contributed by atoms with E-state index in [2.05, 4.69) is 0 Å². The molecule has 2 aliphatic rings. The van der Waals surface area contributed by atoms with Crippen LogP contribution in [0.4, 0.5) is 0 Å². The van der Waals surface area contributed by atoms with Gasteiger partial charge in [0.2, 0.25) is 6.79 Å². The number of carbonyl (C=O) groups excluding carboxylic acids is 1. The molecule has 1 aliphatic heterocycles. The van der Waals surface area contributed by atoms with Gasteiger partial charge in [0, 0.05) is 11.5 Å². The zero-order valence-corrected chi connectivity index (χ0v) is 19.9. The molecule has 0 saturated heterocycles. The van der Waals surface area contributed by atoms with Crippen LogP contribution in [0.3, 0.4) is 0 Å². The van der Waals surface area contributed by atoms with E-state index in [4.69, 9.17) is 14.2 Å². The quantitative estimate of drug-likeness (QED) is 0.392. The number of para-hydroxylation sites is 1. The van der Waals surface area contributed by atoms with E-state index in [1.807, 2.05) is 97.1 Å². The summed E-state index contributed by atoms with van der Waals surface area (Å²) in [7, 11) is 0. The first-order valence-corrected chi connectivity index (χ1v) is 12.1. The predicted octanol–water partition coefficient (Wildman–Crippen LogP) is 5.58. The van der Waals surface area contributed by atoms with Gasteiger partial charge in [0.05, 0.1) is 5.92 Å². The first kappa shape index (κ1) is 22.4. The standard InChI is InChI=1S/C31H26O5/c1-20(32)30-29(22-15-16-27-28(17-22)36-19-35-27)23-11-5-6-12-24(23)31(30,33)25-13-7-8-14-26(25)34-18-21-9-3-2-4-10-21/h2-17,29-30,33H,18-19H2,1H3. The Morgan fingerprint density at radius 1 is 0.889 bits per heavy atom. The molecule has 180 valence electrons. The van der Waals surface area contributed by atoms with Crippen LogP contribution in [0, 0.1) is 5.92 Å². The van der Waals surface area contributed by atoms with E-state index in [1.165, 1.54) is 0 Å². The number of benzene rings is 4. The summed E-state index contributed by atoms with van der Waals surface area (Å²) in [6, 6.07) is 30.8. The SMILES string of the molecule is CC(=O)C1C(c2ccc3c(c2)OCO3)c2ccccc2C1(O)c1ccccc1OCc1ccccc1. The van der Waals surface area contributed by atoms with E-state index < -0.39 is 11.5 Å². The zero-order chi connectivity index (χ0) is 24.7. The molecular formula is C31H26O5. The molecule has 0 bridgehead atoms. The minimum atomic E-state index is -1.57. The van der Waals surface area contributed by atoms with E-state index in [0.29, 0.717) is 35.0 Å². The Balaban J connectivity index is 1.48. The topological polar surface area (TPSA) is 65.0 Å². The van der Waals surface area contributed by atoms with Crippen LogP contribution < -0.4 is 14.2 Å². The molecule has 0 fully saturated rings. The van der Waals surface area contributed by atoms with Crippen LogP contribution in [0.2, 0.25) is 0 Å². The lowest BCUT2D eigenvalue weighted by molar-refractivity contribution is -0.127. The molecule has 1 N–H and O–H groups in total. The molecule has 4 aromatic rings. The maximum Gasteiger partial charge on any atom is 0.231 e. The van der Waals surface area contributed by atoms with E-state index >= 15 is 0 Å². The molecule has 5 heteroatoms. The van der Waals surface area contributed by atoms with Gasteiger partial charge in [-0.2, -0.15) is 0 Å². The van der Waals surface area contributed by atoms with Gasteiger partial charge in [-0.3, -0.25) is 4.79 Å². The van der Waals surface area contributed by atoms with Crippen molar-refractivity contribution in [1.29, 1.82) is 0 Å². The van der Waals surface area contributed by atoms with Gasteiger partial charge in [-0.25, -0.2) is 0 Å². The van der Waals surface area contributed by atoms with Crippen LogP contribution in [0.25, 0.3) is 0 Å². The van der Waals surface area contributed by atoms with E-state index in [-0.39, 0.29) is 18.5 Å². The van der Waals surface area contributed by atoms with Gasteiger partial charge >= 0.3 is 0 Å². The van der Waals surface area contributed by atoms with Crippen LogP contribution >= 0.6 is 0 Å². The van der Waals surface area contributed by atoms with Crippen LogP contribution in [0.15, 0.2) is 97.1 Å². The molecule has 0 amide bonds. The summed E-state index contributed by atoms with van der Waals surface area (Å²) < 4.78 is 17.4. The zero-order valence-electron chi connectivity index (χ0n) is 19.9. The highest BCUT2D eigenvalue weighted by atomic mass is 16.7. The second kappa shape index (κ2) is 8.85. The van der Waals surface area contributed by atoms with Crippen molar-refractivity contribution in [3.8, 4) is 17.2 Å². The number of ketones is 1. The Hall–Kier alpha value is -4.09. The summed E-state index contributed by atoms with van der Waals surface area (Å²) in [5.41, 5.74) is 2.55. The summed E-state index contributed by atoms with van der Waals surface area (Å²) in [6.07, 6.45) is 0. The summed E-state index contributed by atoms with van der Waals surface area (Å²) >= 11 is 0. The second-order valence-electron chi connectivity index (χ2n) is 9.30. The van der Waals surface area contributed by atoms with Crippen molar-refractivity contribution >= 4 is 5.78 Å². The summed E-state index contributed by atoms with van der Waals surface area (Å²) in [5, 5.41) is 12.6. The van der Waals surface area contributed by atoms with Gasteiger partial charge < -0.3 is 19.3 Å². The molecule has 5 nitrogen and oxygen atoms in total. The number of aliphatic hydroxyl groups is 1. The Morgan fingerprint density at radius 3 is 2.39 bits per heavy atom. The third-order valence-electron chi connectivity index (χ3n) is 7.22. The highest BCUT2D eigenvalue weighted by molar-refractivity contribution is 5.85. The molecule has 0 radical (unpaired) electrons. The lowest BCUT2D eigenvalue weighted by atomic mass is 9.74. The fraction of sp³-hybridized carbons (Fsp3) is 0.194. The average Bonchev–Trinajstić information content (AvgIpc) is 3.49. The highest BCUT2D eigenvalue weighted by Gasteiger charge is 2.56. The van der Waals surface area contributed by atoms with Crippen molar-refractivity contribution in [3.05, 3.63) is 125 Å². The van der Waals surface area contributed by atoms with Crippen molar-refractivity contribution in [1.82, 2.24) is 0 Å². The average molecular weight is 479 g/mol. The number of hydrogen-bond acceptors (Lipinski definition) is 5. The van der Waals surface area contributed by atoms with Gasteiger partial charge in [0.25, 0.3) is 0 Å². The second-order valence-corrected chi connectivity index (χ2v) is 9.30. The van der Waals surface area contributed by atoms with Gasteiger partial charge in [0.1, 0.15) is 23.7 Å². The molecule has 1 aliphatic carbocycles. The maximum absolute atomic E-state index is 13.4. The van der Waals surface area contributed by atoms with Gasteiger partial charge in [0.15, 0.2) is 11.5 Å². The summed E-state index contributed by atoms with van der Waals surface area (Å²) in [4.78, 5) is 13.4. The Morgan fingerprint density at radius 2 is 1.58 bits per heavy atom. The monoisotopic (exact) mass is 478 g/mol. The van der Waals surface area contributed by atoms with Crippen LogP contribution in [0.1, 0.15) is 40.7 Å². The lowest BCUT2D eigenvalue weighted by Crippen LogP contribution is -2.38. The number of Topliss-reactive ketones (excluding diaryl/α,β-unsaturated/α-hetero) is 1. The van der Waals surface area contributed by atoms with Crippen LogP contribution in [-0.2, 0) is 17.0 Å². The Bertz CT molecular complexity index is 1430.